The Bertz CT molecular complexity index is 1280. The Labute approximate surface area is 231 Å². The second kappa shape index (κ2) is 14.3. The molecule has 0 aliphatic carbocycles. The van der Waals surface area contributed by atoms with Crippen LogP contribution in [0.2, 0.25) is 0 Å². The van der Waals surface area contributed by atoms with Crippen molar-refractivity contribution in [1.29, 1.82) is 0 Å². The molecule has 1 heterocycles. The lowest BCUT2D eigenvalue weighted by Gasteiger charge is -2.30. The van der Waals surface area contributed by atoms with Gasteiger partial charge in [-0.15, -0.1) is 11.8 Å². The summed E-state index contributed by atoms with van der Waals surface area (Å²) in [5.41, 5.74) is 1.09. The van der Waals surface area contributed by atoms with Gasteiger partial charge in [-0.1, -0.05) is 30.0 Å². The number of benzene rings is 2. The molecule has 2 aromatic carbocycles. The number of carboxylic acids is 2. The fourth-order valence-electron chi connectivity index (χ4n) is 4.18. The number of carbonyl (C=O) groups is 2. The highest BCUT2D eigenvalue weighted by Gasteiger charge is 2.38. The minimum atomic E-state index is -1.21. The van der Waals surface area contributed by atoms with Crippen molar-refractivity contribution in [2.24, 2.45) is 0 Å². The van der Waals surface area contributed by atoms with Gasteiger partial charge in [0.05, 0.1) is 23.6 Å². The van der Waals surface area contributed by atoms with Gasteiger partial charge in [0.25, 0.3) is 0 Å². The molecule has 9 nitrogen and oxygen atoms in total. The summed E-state index contributed by atoms with van der Waals surface area (Å²) in [5, 5.41) is 35.9. The molecule has 10 heteroatoms. The molecule has 0 aromatic heterocycles. The molecule has 0 bridgehead atoms. The van der Waals surface area contributed by atoms with Crippen LogP contribution in [0.25, 0.3) is 0 Å². The minimum absolute atomic E-state index is 0.00807. The van der Waals surface area contributed by atoms with Gasteiger partial charge in [0, 0.05) is 28.4 Å². The fraction of sp³-hybridized carbons (Fsp3) is 0.310. The Hall–Kier alpha value is -3.91. The van der Waals surface area contributed by atoms with Crippen LogP contribution in [-0.2, 0) is 9.59 Å². The second-order valence-corrected chi connectivity index (χ2v) is 9.58. The fourth-order valence-corrected chi connectivity index (χ4v) is 4.63. The summed E-state index contributed by atoms with van der Waals surface area (Å²) < 4.78 is 11.4. The number of thioether (sulfide) groups is 1. The zero-order valence-electron chi connectivity index (χ0n) is 22.0. The van der Waals surface area contributed by atoms with Crippen LogP contribution in [0.15, 0.2) is 76.0 Å². The number of dihydropyridines is 1. The van der Waals surface area contributed by atoms with E-state index in [2.05, 4.69) is 22.5 Å². The van der Waals surface area contributed by atoms with Gasteiger partial charge in [0.15, 0.2) is 0 Å². The first-order valence-corrected chi connectivity index (χ1v) is 13.4. The van der Waals surface area contributed by atoms with Crippen molar-refractivity contribution in [3.8, 4) is 23.3 Å². The number of para-hydroxylation sites is 1. The minimum Gasteiger partial charge on any atom is -0.491 e. The molecular weight excluding hydrogens is 520 g/mol. The Morgan fingerprint density at radius 1 is 1.03 bits per heavy atom. The first kappa shape index (κ1) is 29.6. The van der Waals surface area contributed by atoms with E-state index >= 15 is 0 Å². The lowest BCUT2D eigenvalue weighted by molar-refractivity contribution is -0.133. The van der Waals surface area contributed by atoms with Gasteiger partial charge >= 0.3 is 11.9 Å². The molecule has 0 saturated heterocycles. The topological polar surface area (TPSA) is 137 Å². The molecule has 0 radical (unpaired) electrons. The number of aliphatic carboxylic acids is 2. The molecule has 1 aliphatic heterocycles. The van der Waals surface area contributed by atoms with Crippen molar-refractivity contribution in [3.63, 3.8) is 0 Å². The Kier molecular flexibility index (Phi) is 10.9. The van der Waals surface area contributed by atoms with E-state index in [9.17, 15) is 24.9 Å². The molecule has 0 amide bonds. The molecule has 39 heavy (non-hydrogen) atoms. The third-order valence-corrected chi connectivity index (χ3v) is 6.68. The summed E-state index contributed by atoms with van der Waals surface area (Å²) in [4.78, 5) is 25.2. The molecule has 5 N–H and O–H groups in total. The second-order valence-electron chi connectivity index (χ2n) is 8.70. The quantitative estimate of drug-likeness (QED) is 0.152. The van der Waals surface area contributed by atoms with E-state index in [4.69, 9.17) is 9.47 Å². The number of carboxylic acid groups (broad SMARTS) is 2. The molecule has 0 saturated carbocycles. The molecule has 206 valence electrons. The van der Waals surface area contributed by atoms with Crippen molar-refractivity contribution in [2.45, 2.75) is 30.8 Å². The van der Waals surface area contributed by atoms with E-state index in [-0.39, 0.29) is 24.4 Å². The third-order valence-electron chi connectivity index (χ3n) is 5.95. The molecule has 1 aliphatic rings. The summed E-state index contributed by atoms with van der Waals surface area (Å²) in [6.45, 7) is 3.99. The standard InChI is InChI=1S/C29H32N2O7S/c1-18-25(28(33)34)27(26(29(35)36)19(2)31-18)23-15-22(39-3)11-12-24(23)37-14-8-7-13-30-16-20(32)17-38-21-9-5-4-6-10-21/h4-6,9-12,15,20,27,30-32H,13-14,16-17H2,1-3H3,(H,33,34)(H,35,36)/t20-/m0/s1. The number of nitrogens with one attached hydrogen (secondary N) is 2. The molecule has 0 fully saturated rings. The van der Waals surface area contributed by atoms with E-state index in [0.717, 1.165) is 4.90 Å². The van der Waals surface area contributed by atoms with Gasteiger partial charge in [0.1, 0.15) is 30.8 Å². The molecule has 3 rings (SSSR count). The summed E-state index contributed by atoms with van der Waals surface area (Å²) in [7, 11) is 0. The summed E-state index contributed by atoms with van der Waals surface area (Å²) in [6, 6.07) is 14.5. The van der Waals surface area contributed by atoms with Crippen LogP contribution < -0.4 is 20.1 Å². The van der Waals surface area contributed by atoms with Crippen LogP contribution in [0.1, 0.15) is 25.3 Å². The van der Waals surface area contributed by atoms with Crippen molar-refractivity contribution in [2.75, 3.05) is 32.6 Å². The number of aliphatic hydroxyl groups is 1. The number of ether oxygens (including phenoxy) is 2. The van der Waals surface area contributed by atoms with Crippen LogP contribution in [0.3, 0.4) is 0 Å². The molecule has 0 unspecified atom stereocenters. The lowest BCUT2D eigenvalue weighted by Crippen LogP contribution is -2.31. The van der Waals surface area contributed by atoms with Gasteiger partial charge in [0.2, 0.25) is 0 Å². The Balaban J connectivity index is 1.66. The predicted molar refractivity (Wildman–Crippen MR) is 149 cm³/mol. The first-order chi connectivity index (χ1) is 18.7. The van der Waals surface area contributed by atoms with E-state index in [1.807, 2.05) is 42.7 Å². The number of aliphatic hydroxyl groups excluding tert-OH is 1. The van der Waals surface area contributed by atoms with Crippen molar-refractivity contribution in [3.05, 3.63) is 76.6 Å². The van der Waals surface area contributed by atoms with Gasteiger partial charge in [-0.25, -0.2) is 9.59 Å². The summed E-state index contributed by atoms with van der Waals surface area (Å²) in [5.74, 6) is 3.40. The third kappa shape index (κ3) is 8.04. The maximum atomic E-state index is 12.2. The highest BCUT2D eigenvalue weighted by Crippen LogP contribution is 2.43. The number of hydrogen-bond donors (Lipinski definition) is 5. The normalized spacial score (nSPS) is 14.3. The smallest absolute Gasteiger partial charge is 0.334 e. The van der Waals surface area contributed by atoms with E-state index in [1.165, 1.54) is 11.8 Å². The Morgan fingerprint density at radius 3 is 2.31 bits per heavy atom. The Morgan fingerprint density at radius 2 is 1.69 bits per heavy atom. The van der Waals surface area contributed by atoms with Crippen LogP contribution >= 0.6 is 11.8 Å². The van der Waals surface area contributed by atoms with Gasteiger partial charge < -0.3 is 35.4 Å². The van der Waals surface area contributed by atoms with Crippen LogP contribution in [0.5, 0.6) is 11.5 Å². The summed E-state index contributed by atoms with van der Waals surface area (Å²) in [6.07, 6.45) is 1.18. The highest BCUT2D eigenvalue weighted by molar-refractivity contribution is 7.98. The van der Waals surface area contributed by atoms with Crippen LogP contribution in [-0.4, -0.2) is 65.9 Å². The predicted octanol–water partition coefficient (Wildman–Crippen LogP) is 3.22. The maximum absolute atomic E-state index is 12.2. The van der Waals surface area contributed by atoms with Gasteiger partial charge in [-0.2, -0.15) is 0 Å². The monoisotopic (exact) mass is 552 g/mol. The summed E-state index contributed by atoms with van der Waals surface area (Å²) >= 11 is 1.45. The van der Waals surface area contributed by atoms with Crippen molar-refractivity contribution in [1.82, 2.24) is 10.6 Å². The molecule has 2 aromatic rings. The van der Waals surface area contributed by atoms with Crippen molar-refractivity contribution >= 4 is 23.7 Å². The van der Waals surface area contributed by atoms with Crippen LogP contribution in [0.4, 0.5) is 0 Å². The number of hydrogen-bond acceptors (Lipinski definition) is 8. The van der Waals surface area contributed by atoms with E-state index < -0.39 is 24.0 Å². The molecule has 0 spiro atoms. The average molecular weight is 553 g/mol. The number of allylic oxidation sites excluding steroid dienone is 2. The molecular formula is C29H32N2O7S. The highest BCUT2D eigenvalue weighted by atomic mass is 32.2. The van der Waals surface area contributed by atoms with Crippen LogP contribution in [0, 0.1) is 11.8 Å². The van der Waals surface area contributed by atoms with Crippen molar-refractivity contribution < 1.29 is 34.4 Å². The first-order valence-electron chi connectivity index (χ1n) is 12.2. The van der Waals surface area contributed by atoms with E-state index in [0.29, 0.717) is 41.5 Å². The number of rotatable bonds is 12. The average Bonchev–Trinajstić information content (AvgIpc) is 2.91. The SMILES string of the molecule is CSc1ccc(OCC#CCNC[C@H](O)COc2ccccc2)c(C2C(C(=O)O)=C(C)NC(C)=C2C(=O)O)c1. The van der Waals surface area contributed by atoms with Gasteiger partial charge in [-0.3, -0.25) is 0 Å². The zero-order valence-corrected chi connectivity index (χ0v) is 22.8. The van der Waals surface area contributed by atoms with Gasteiger partial charge in [-0.05, 0) is 50.4 Å². The largest absolute Gasteiger partial charge is 0.491 e. The van der Waals surface area contributed by atoms with E-state index in [1.54, 1.807) is 26.0 Å². The molecule has 1 atom stereocenters. The lowest BCUT2D eigenvalue weighted by atomic mass is 9.80. The zero-order chi connectivity index (χ0) is 28.4. The maximum Gasteiger partial charge on any atom is 0.334 e.